The molecule has 67 heavy (non-hydrogen) atoms. The van der Waals surface area contributed by atoms with Crippen LogP contribution in [0.5, 0.6) is 0 Å². The fourth-order valence-corrected chi connectivity index (χ4v) is 6.29. The van der Waals surface area contributed by atoms with Crippen molar-refractivity contribution in [3.05, 3.63) is 122 Å². The molecule has 0 aromatic rings. The van der Waals surface area contributed by atoms with E-state index < -0.39 is 24.3 Å². The molecule has 0 radical (unpaired) electrons. The number of ether oxygens (including phenoxy) is 4. The number of hydrogen-bond donors (Lipinski definition) is 0. The van der Waals surface area contributed by atoms with Crippen LogP contribution in [0.4, 0.5) is 0 Å². The number of carbonyl (C=O) groups is 3. The first kappa shape index (κ1) is 62.7. The van der Waals surface area contributed by atoms with Crippen LogP contribution >= 0.6 is 0 Å². The predicted octanol–water partition coefficient (Wildman–Crippen LogP) is 13.2. The summed E-state index contributed by atoms with van der Waals surface area (Å²) in [7, 11) is 5.88. The molecule has 0 heterocycles. The largest absolute Gasteiger partial charge is 0.545 e. The van der Waals surface area contributed by atoms with Crippen molar-refractivity contribution in [2.45, 2.75) is 180 Å². The average Bonchev–Trinajstić information content (AvgIpc) is 3.29. The Kier molecular flexibility index (Phi) is 45.1. The Labute approximate surface area is 408 Å². The first-order valence-corrected chi connectivity index (χ1v) is 25.7. The van der Waals surface area contributed by atoms with Gasteiger partial charge in [-0.25, -0.2) is 0 Å². The number of carboxylic acids is 1. The number of aliphatic carboxylic acids is 1. The van der Waals surface area contributed by atoms with Gasteiger partial charge < -0.3 is 33.3 Å². The molecule has 2 unspecified atom stereocenters. The van der Waals surface area contributed by atoms with Gasteiger partial charge in [-0.05, 0) is 103 Å². The van der Waals surface area contributed by atoms with Crippen molar-refractivity contribution in [2.24, 2.45) is 0 Å². The molecule has 0 N–H and O–H groups in total. The van der Waals surface area contributed by atoms with Gasteiger partial charge in [-0.2, -0.15) is 0 Å². The maximum absolute atomic E-state index is 12.8. The smallest absolute Gasteiger partial charge is 0.306 e. The highest BCUT2D eigenvalue weighted by atomic mass is 16.7. The normalized spacial score (nSPS) is 13.9. The summed E-state index contributed by atoms with van der Waals surface area (Å²) in [6, 6.07) is 0. The number of rotatable bonds is 45. The maximum Gasteiger partial charge on any atom is 0.306 e. The van der Waals surface area contributed by atoms with E-state index in [-0.39, 0.29) is 38.6 Å². The molecule has 0 saturated heterocycles. The first-order chi connectivity index (χ1) is 32.6. The van der Waals surface area contributed by atoms with E-state index in [2.05, 4.69) is 135 Å². The minimum Gasteiger partial charge on any atom is -0.545 e. The van der Waals surface area contributed by atoms with E-state index in [9.17, 15) is 19.5 Å². The summed E-state index contributed by atoms with van der Waals surface area (Å²) in [6.07, 6.45) is 63.8. The van der Waals surface area contributed by atoms with E-state index in [1.807, 2.05) is 21.1 Å². The first-order valence-electron chi connectivity index (χ1n) is 25.7. The minimum atomic E-state index is -1.64. The second-order valence-corrected chi connectivity index (χ2v) is 17.7. The molecule has 2 atom stereocenters. The van der Waals surface area contributed by atoms with Crippen molar-refractivity contribution in [3.63, 3.8) is 0 Å². The lowest BCUT2D eigenvalue weighted by atomic mass is 10.1. The Bertz CT molecular complexity index is 1510. The van der Waals surface area contributed by atoms with E-state index in [1.165, 1.54) is 25.7 Å². The lowest BCUT2D eigenvalue weighted by Crippen LogP contribution is -2.44. The molecule has 0 saturated carbocycles. The van der Waals surface area contributed by atoms with Crippen molar-refractivity contribution in [3.8, 4) is 0 Å². The molecule has 0 fully saturated rings. The van der Waals surface area contributed by atoms with E-state index in [4.69, 9.17) is 18.9 Å². The molecule has 0 aliphatic carbocycles. The van der Waals surface area contributed by atoms with Crippen LogP contribution in [-0.2, 0) is 33.3 Å². The van der Waals surface area contributed by atoms with E-state index in [0.29, 0.717) is 17.4 Å². The van der Waals surface area contributed by atoms with Crippen LogP contribution in [0.25, 0.3) is 0 Å². The Hall–Kier alpha value is -4.31. The molecule has 0 amide bonds. The standard InChI is InChI=1S/C58H93NO8/c1-6-8-10-12-14-16-18-20-22-24-26-28-30-32-34-36-38-40-42-44-46-48-55(60)65-52-54(53-66-58(57(62)63)64-51-50-59(3,4)5)67-56(61)49-47-45-43-41-39-37-35-33-31-29-27-25-23-21-19-17-15-13-11-9-7-2/h8-11,14-17,20-23,26-29,33,35,39,41,54,58H,6-7,12-13,18-19,24-25,30-32,34,36-38,40,42-53H2,1-5H3/b10-8-,11-9-,16-14-,17-15-,22-20-,23-21-,28-26-,29-27-,35-33-,41-39-. The second kappa shape index (κ2) is 48.2. The molecule has 0 rings (SSSR count). The lowest BCUT2D eigenvalue weighted by molar-refractivity contribution is -0.870. The fraction of sp³-hybridized carbons (Fsp3) is 0.603. The van der Waals surface area contributed by atoms with Crippen LogP contribution in [-0.4, -0.2) is 82.3 Å². The minimum absolute atomic E-state index is 0.130. The molecule has 0 aliphatic heterocycles. The Morgan fingerprint density at radius 3 is 1.22 bits per heavy atom. The van der Waals surface area contributed by atoms with Crippen LogP contribution in [0.15, 0.2) is 122 Å². The molecule has 9 heteroatoms. The summed E-state index contributed by atoms with van der Waals surface area (Å²) >= 11 is 0. The molecule has 0 bridgehead atoms. The van der Waals surface area contributed by atoms with E-state index in [1.54, 1.807) is 0 Å². The zero-order valence-electron chi connectivity index (χ0n) is 42.7. The van der Waals surface area contributed by atoms with Gasteiger partial charge in [0.05, 0.1) is 40.3 Å². The molecule has 0 aromatic heterocycles. The predicted molar refractivity (Wildman–Crippen MR) is 278 cm³/mol. The number of hydrogen-bond acceptors (Lipinski definition) is 8. The molecular weight excluding hydrogens is 839 g/mol. The van der Waals surface area contributed by atoms with Crippen molar-refractivity contribution in [1.82, 2.24) is 0 Å². The quantitative estimate of drug-likeness (QED) is 0.0195. The van der Waals surface area contributed by atoms with Gasteiger partial charge in [-0.3, -0.25) is 9.59 Å². The second-order valence-electron chi connectivity index (χ2n) is 17.7. The monoisotopic (exact) mass is 932 g/mol. The highest BCUT2D eigenvalue weighted by Gasteiger charge is 2.21. The number of esters is 2. The van der Waals surface area contributed by atoms with E-state index >= 15 is 0 Å². The number of unbranched alkanes of at least 4 members (excludes halogenated alkanes) is 10. The highest BCUT2D eigenvalue weighted by Crippen LogP contribution is 2.13. The SMILES string of the molecule is CC/C=C\C/C=C\C/C=C\C/C=C\C/C=C\C/C=C\CCCCC(=O)OC(COC(=O)CCCCCCCCCC/C=C\C/C=C\C/C=C\C/C=C\CC)COC(OCC[N+](C)(C)C)C(=O)[O-]. The molecule has 0 spiro atoms. The number of carboxylic acid groups (broad SMARTS) is 1. The van der Waals surface area contributed by atoms with Crippen molar-refractivity contribution < 1.29 is 42.9 Å². The number of carbonyl (C=O) groups excluding carboxylic acids is 3. The van der Waals surface area contributed by atoms with Gasteiger partial charge in [0.1, 0.15) is 13.2 Å². The van der Waals surface area contributed by atoms with Gasteiger partial charge in [0.15, 0.2) is 12.4 Å². The van der Waals surface area contributed by atoms with Crippen LogP contribution in [0.1, 0.15) is 168 Å². The molecule has 9 nitrogen and oxygen atoms in total. The Morgan fingerprint density at radius 1 is 0.448 bits per heavy atom. The van der Waals surface area contributed by atoms with Crippen molar-refractivity contribution in [2.75, 3.05) is 47.5 Å². The third-order valence-corrected chi connectivity index (χ3v) is 10.2. The number of quaternary nitrogens is 1. The van der Waals surface area contributed by atoms with E-state index in [0.717, 1.165) is 109 Å². The van der Waals surface area contributed by atoms with Crippen LogP contribution < -0.4 is 5.11 Å². The van der Waals surface area contributed by atoms with Gasteiger partial charge in [0.2, 0.25) is 0 Å². The topological polar surface area (TPSA) is 111 Å². The van der Waals surface area contributed by atoms with Crippen molar-refractivity contribution in [1.29, 1.82) is 0 Å². The van der Waals surface area contributed by atoms with Crippen molar-refractivity contribution >= 4 is 17.9 Å². The van der Waals surface area contributed by atoms with Gasteiger partial charge in [0, 0.05) is 12.8 Å². The van der Waals surface area contributed by atoms with Crippen LogP contribution in [0.2, 0.25) is 0 Å². The van der Waals surface area contributed by atoms with Gasteiger partial charge in [-0.1, -0.05) is 174 Å². The highest BCUT2D eigenvalue weighted by molar-refractivity contribution is 5.70. The van der Waals surface area contributed by atoms with Gasteiger partial charge in [0.25, 0.3) is 0 Å². The Balaban J connectivity index is 4.47. The molecule has 378 valence electrons. The summed E-state index contributed by atoms with van der Waals surface area (Å²) in [5, 5.41) is 11.7. The summed E-state index contributed by atoms with van der Waals surface area (Å²) in [6.45, 7) is 4.43. The number of likely N-dealkylation sites (N-methyl/N-ethyl adjacent to an activating group) is 1. The number of allylic oxidation sites excluding steroid dienone is 20. The van der Waals surface area contributed by atoms with Gasteiger partial charge >= 0.3 is 11.9 Å². The summed E-state index contributed by atoms with van der Waals surface area (Å²) in [5.74, 6) is -2.37. The lowest BCUT2D eigenvalue weighted by Gasteiger charge is -2.26. The molecular formula is C58H93NO8. The van der Waals surface area contributed by atoms with Crippen LogP contribution in [0, 0.1) is 0 Å². The summed E-state index contributed by atoms with van der Waals surface area (Å²) in [5.41, 5.74) is 0. The zero-order valence-corrected chi connectivity index (χ0v) is 42.7. The maximum atomic E-state index is 12.8. The fourth-order valence-electron chi connectivity index (χ4n) is 6.29. The third kappa shape index (κ3) is 49.4. The molecule has 0 aliphatic rings. The summed E-state index contributed by atoms with van der Waals surface area (Å²) in [4.78, 5) is 37.2. The van der Waals surface area contributed by atoms with Crippen LogP contribution in [0.3, 0.4) is 0 Å². The average molecular weight is 932 g/mol. The third-order valence-electron chi connectivity index (χ3n) is 10.2. The number of nitrogens with zero attached hydrogens (tertiary/aromatic N) is 1. The summed E-state index contributed by atoms with van der Waals surface area (Å²) < 4.78 is 22.6. The zero-order chi connectivity index (χ0) is 49.2. The molecule has 0 aromatic carbocycles. The van der Waals surface area contributed by atoms with Gasteiger partial charge in [-0.15, -0.1) is 0 Å². The Morgan fingerprint density at radius 2 is 0.806 bits per heavy atom.